The van der Waals surface area contributed by atoms with E-state index in [9.17, 15) is 0 Å². The maximum Gasteiger partial charge on any atom is 0.164 e. The van der Waals surface area contributed by atoms with E-state index in [0.717, 1.165) is 50.2 Å². The Hall–Kier alpha value is -5.76. The van der Waals surface area contributed by atoms with Crippen LogP contribution in [0.15, 0.2) is 91.0 Å². The highest BCUT2D eigenvalue weighted by molar-refractivity contribution is 6.06. The number of aromatic nitrogens is 8. The molecule has 0 saturated carbocycles. The van der Waals surface area contributed by atoms with Gasteiger partial charge in [-0.25, -0.2) is 29.9 Å². The smallest absolute Gasteiger partial charge is 0.164 e. The van der Waals surface area contributed by atoms with Crippen LogP contribution >= 0.6 is 0 Å². The summed E-state index contributed by atoms with van der Waals surface area (Å²) in [5, 5.41) is 3.83. The lowest BCUT2D eigenvalue weighted by molar-refractivity contribution is 0.411. The summed E-state index contributed by atoms with van der Waals surface area (Å²) in [5.41, 5.74) is 7.90. The topological polar surface area (TPSA) is 109 Å². The molecule has 0 saturated heterocycles. The number of nitrogens with zero attached hydrogens (tertiary/aromatic N) is 6. The highest BCUT2D eigenvalue weighted by Gasteiger charge is 2.23. The number of benzene rings is 4. The fraction of sp³-hybridized carbons (Fsp3) is 0.135. The maximum absolute atomic E-state index is 5.15. The largest absolute Gasteiger partial charge is 0.324 e. The predicted molar refractivity (Wildman–Crippen MR) is 179 cm³/mol. The molecule has 8 nitrogen and oxygen atoms in total. The molecular formula is C37H28N8. The van der Waals surface area contributed by atoms with E-state index in [1.807, 2.05) is 48.5 Å². The third kappa shape index (κ3) is 4.21. The second kappa shape index (κ2) is 9.37. The number of hydrogen-bond acceptors (Lipinski definition) is 6. The van der Waals surface area contributed by atoms with Gasteiger partial charge in [0, 0.05) is 43.8 Å². The van der Waals surface area contributed by atoms with Gasteiger partial charge >= 0.3 is 0 Å². The van der Waals surface area contributed by atoms with Crippen LogP contribution in [0.1, 0.15) is 26.3 Å². The summed E-state index contributed by atoms with van der Waals surface area (Å²) in [6.07, 6.45) is 0.934. The summed E-state index contributed by atoms with van der Waals surface area (Å²) < 4.78 is 0. The fourth-order valence-corrected chi connectivity index (χ4v) is 6.41. The van der Waals surface area contributed by atoms with Gasteiger partial charge in [-0.3, -0.25) is 0 Å². The third-order valence-corrected chi connectivity index (χ3v) is 8.35. The monoisotopic (exact) mass is 584 g/mol. The highest BCUT2D eigenvalue weighted by atomic mass is 15.1. The summed E-state index contributed by atoms with van der Waals surface area (Å²) in [6, 6.07) is 30.9. The maximum atomic E-state index is 5.15. The van der Waals surface area contributed by atoms with E-state index in [1.54, 1.807) is 0 Å². The number of H-pyrrole nitrogens is 2. The molecule has 0 unspecified atom stereocenters. The van der Waals surface area contributed by atoms with E-state index in [4.69, 9.17) is 29.9 Å². The van der Waals surface area contributed by atoms with Crippen molar-refractivity contribution < 1.29 is 0 Å². The van der Waals surface area contributed by atoms with Crippen LogP contribution in [0.3, 0.4) is 0 Å². The fourth-order valence-electron chi connectivity index (χ4n) is 6.41. The second-order valence-electron chi connectivity index (χ2n) is 12.9. The molecule has 4 aromatic carbocycles. The van der Waals surface area contributed by atoms with E-state index < -0.39 is 0 Å². The van der Waals surface area contributed by atoms with Gasteiger partial charge in [0.15, 0.2) is 23.3 Å². The molecule has 2 aliphatic heterocycles. The molecule has 0 aliphatic carbocycles. The first kappa shape index (κ1) is 25.7. The average Bonchev–Trinajstić information content (AvgIpc) is 3.76. The lowest BCUT2D eigenvalue weighted by Gasteiger charge is -2.18. The Bertz CT molecular complexity index is 2510. The van der Waals surface area contributed by atoms with Crippen molar-refractivity contribution in [3.8, 4) is 45.6 Å². The second-order valence-corrected chi connectivity index (χ2v) is 12.9. The summed E-state index contributed by atoms with van der Waals surface area (Å²) in [6.45, 7) is 6.76. The molecular weight excluding hydrogens is 556 g/mol. The van der Waals surface area contributed by atoms with Crippen molar-refractivity contribution in [1.82, 2.24) is 39.9 Å². The van der Waals surface area contributed by atoms with Crippen LogP contribution in [0.25, 0.3) is 89.7 Å². The van der Waals surface area contributed by atoms with Gasteiger partial charge in [0.1, 0.15) is 22.6 Å². The van der Waals surface area contributed by atoms with Gasteiger partial charge < -0.3 is 9.97 Å². The first-order valence-electron chi connectivity index (χ1n) is 15.1. The van der Waals surface area contributed by atoms with Crippen LogP contribution in [-0.2, 0) is 6.42 Å². The van der Waals surface area contributed by atoms with E-state index in [1.165, 1.54) is 5.56 Å². The Balaban J connectivity index is 1.44. The lowest BCUT2D eigenvalue weighted by atomic mass is 9.87. The van der Waals surface area contributed by atoms with E-state index in [0.29, 0.717) is 45.9 Å². The molecule has 2 aliphatic rings. The minimum absolute atomic E-state index is 0.137. The number of nitrogens with one attached hydrogen (secondary N) is 2. The third-order valence-electron chi connectivity index (χ3n) is 8.35. The Labute approximate surface area is 258 Å². The van der Waals surface area contributed by atoms with Crippen molar-refractivity contribution in [2.45, 2.75) is 27.2 Å². The number of fused-ring (bicyclic) bond motifs is 20. The summed E-state index contributed by atoms with van der Waals surface area (Å²) in [5.74, 6) is 2.42. The minimum atomic E-state index is 0.137. The van der Waals surface area contributed by atoms with E-state index in [2.05, 4.69) is 73.2 Å². The molecule has 0 atom stereocenters. The first-order chi connectivity index (χ1) is 21.9. The van der Waals surface area contributed by atoms with Crippen LogP contribution < -0.4 is 0 Å². The minimum Gasteiger partial charge on any atom is -0.324 e. The van der Waals surface area contributed by atoms with Gasteiger partial charge in [-0.2, -0.15) is 0 Å². The summed E-state index contributed by atoms with van der Waals surface area (Å²) in [7, 11) is 0. The van der Waals surface area contributed by atoms with Gasteiger partial charge in [-0.15, -0.1) is 0 Å². The normalized spacial score (nSPS) is 12.4. The molecule has 5 heterocycles. The van der Waals surface area contributed by atoms with Gasteiger partial charge in [0.2, 0.25) is 0 Å². The van der Waals surface area contributed by atoms with Crippen LogP contribution in [-0.4, -0.2) is 39.9 Å². The van der Waals surface area contributed by atoms with Crippen molar-refractivity contribution in [1.29, 1.82) is 0 Å². The van der Waals surface area contributed by atoms with Crippen molar-refractivity contribution in [3.05, 3.63) is 96.6 Å². The summed E-state index contributed by atoms with van der Waals surface area (Å²) in [4.78, 5) is 37.4. The lowest BCUT2D eigenvalue weighted by Crippen LogP contribution is -2.09. The molecule has 0 spiro atoms. The highest BCUT2D eigenvalue weighted by Crippen LogP contribution is 2.38. The Morgan fingerprint density at radius 3 is 1.24 bits per heavy atom. The van der Waals surface area contributed by atoms with Crippen LogP contribution in [0.5, 0.6) is 0 Å². The average molecular weight is 585 g/mol. The molecule has 2 N–H and O–H groups in total. The van der Waals surface area contributed by atoms with Crippen molar-refractivity contribution in [3.63, 3.8) is 0 Å². The quantitative estimate of drug-likeness (QED) is 0.200. The Kier molecular flexibility index (Phi) is 5.35. The van der Waals surface area contributed by atoms with Crippen LogP contribution in [0, 0.1) is 5.41 Å². The number of rotatable bonds is 1. The van der Waals surface area contributed by atoms with E-state index in [-0.39, 0.29) is 5.41 Å². The molecule has 8 bridgehead atoms. The molecule has 216 valence electrons. The molecule has 8 heteroatoms. The van der Waals surface area contributed by atoms with Gasteiger partial charge in [-0.1, -0.05) is 106 Å². The van der Waals surface area contributed by atoms with Crippen molar-refractivity contribution in [2.75, 3.05) is 0 Å². The van der Waals surface area contributed by atoms with Crippen LogP contribution in [0.4, 0.5) is 0 Å². The zero-order chi connectivity index (χ0) is 30.3. The Morgan fingerprint density at radius 2 is 0.822 bits per heavy atom. The number of hydrogen-bond donors (Lipinski definition) is 2. The standard InChI is InChI=1S/C37H28N8/c1-37(2,3)19-20-16-17-27-28(18-20)36-44-34-26-15-9-8-14-25(26)32(42-34)40-30-22-11-5-4-10-21(22)29(38-30)39-31-23-12-6-7-13-24(23)33(41-31)43-35(27)45-36/h4-18H,19H2,1-3H3,(H2,38,39,40,41,42,43,44,45). The molecule has 0 radical (unpaired) electrons. The van der Waals surface area contributed by atoms with Crippen LogP contribution in [0.2, 0.25) is 0 Å². The number of aromatic amines is 2. The summed E-state index contributed by atoms with van der Waals surface area (Å²) >= 11 is 0. The molecule has 45 heavy (non-hydrogen) atoms. The van der Waals surface area contributed by atoms with E-state index >= 15 is 0 Å². The van der Waals surface area contributed by atoms with Gasteiger partial charge in [0.05, 0.1) is 0 Å². The van der Waals surface area contributed by atoms with Crippen molar-refractivity contribution in [2.24, 2.45) is 5.41 Å². The molecule has 0 amide bonds. The van der Waals surface area contributed by atoms with Gasteiger partial charge in [-0.05, 0) is 23.5 Å². The zero-order valence-electron chi connectivity index (χ0n) is 25.1. The molecule has 3 aromatic heterocycles. The first-order valence-corrected chi connectivity index (χ1v) is 15.1. The SMILES string of the molecule is CC(C)(C)Cc1ccc2c(c1)-c1nc-2nc2[nH]c(nc3nc(nc4[nH]c(n1)c1ccccc41)-c1ccccc1-3)c1ccccc21. The van der Waals surface area contributed by atoms with Crippen molar-refractivity contribution >= 4 is 44.1 Å². The zero-order valence-corrected chi connectivity index (χ0v) is 25.1. The predicted octanol–water partition coefficient (Wildman–Crippen LogP) is 8.46. The molecule has 9 rings (SSSR count). The molecule has 7 aromatic rings. The Morgan fingerprint density at radius 1 is 0.444 bits per heavy atom. The molecule has 0 fully saturated rings. The van der Waals surface area contributed by atoms with Gasteiger partial charge in [0.25, 0.3) is 0 Å².